The van der Waals surface area contributed by atoms with Crippen LogP contribution in [0, 0.1) is 6.92 Å². The lowest BCUT2D eigenvalue weighted by Crippen LogP contribution is -2.12. The van der Waals surface area contributed by atoms with E-state index >= 15 is 0 Å². The molecule has 0 fully saturated rings. The first-order valence-electron chi connectivity index (χ1n) is 4.67. The summed E-state index contributed by atoms with van der Waals surface area (Å²) in [6.45, 7) is 2.05. The van der Waals surface area contributed by atoms with E-state index in [0.717, 1.165) is 11.2 Å². The molecule has 74 valence electrons. The van der Waals surface area contributed by atoms with Crippen molar-refractivity contribution in [1.82, 2.24) is 4.98 Å². The molecule has 0 aliphatic heterocycles. The molecule has 0 radical (unpaired) electrons. The lowest BCUT2D eigenvalue weighted by molar-refractivity contribution is 0.832. The van der Waals surface area contributed by atoms with Crippen LogP contribution < -0.4 is 5.73 Å². The fraction of sp³-hybridized carbons (Fsp3) is 0.273. The van der Waals surface area contributed by atoms with Gasteiger partial charge in [-0.2, -0.15) is 12.6 Å². The van der Waals surface area contributed by atoms with Crippen LogP contribution in [0.3, 0.4) is 0 Å². The lowest BCUT2D eigenvalue weighted by Gasteiger charge is -2.08. The molecule has 2 aromatic rings. The van der Waals surface area contributed by atoms with E-state index in [2.05, 4.69) is 36.7 Å². The van der Waals surface area contributed by atoms with Crippen molar-refractivity contribution in [2.75, 3.05) is 5.75 Å². The van der Waals surface area contributed by atoms with Gasteiger partial charge in [-0.25, -0.2) is 0 Å². The number of hydrogen-bond donors (Lipinski definition) is 3. The molecule has 0 amide bonds. The van der Waals surface area contributed by atoms with Gasteiger partial charge < -0.3 is 10.7 Å². The highest BCUT2D eigenvalue weighted by Crippen LogP contribution is 2.26. The van der Waals surface area contributed by atoms with Gasteiger partial charge in [-0.3, -0.25) is 0 Å². The number of nitrogens with one attached hydrogen (secondary N) is 1. The molecule has 2 rings (SSSR count). The van der Waals surface area contributed by atoms with Gasteiger partial charge in [-0.1, -0.05) is 18.2 Å². The van der Waals surface area contributed by atoms with Gasteiger partial charge in [0.2, 0.25) is 0 Å². The average molecular weight is 206 g/mol. The third-order valence-corrected chi connectivity index (χ3v) is 2.90. The van der Waals surface area contributed by atoms with Gasteiger partial charge in [-0.05, 0) is 18.6 Å². The van der Waals surface area contributed by atoms with Gasteiger partial charge in [0.15, 0.2) is 0 Å². The molecule has 1 unspecified atom stereocenters. The van der Waals surface area contributed by atoms with Crippen molar-refractivity contribution in [1.29, 1.82) is 0 Å². The summed E-state index contributed by atoms with van der Waals surface area (Å²) >= 11 is 4.24. The van der Waals surface area contributed by atoms with Gasteiger partial charge >= 0.3 is 0 Å². The molecule has 0 aliphatic carbocycles. The SMILES string of the molecule is Cc1[nH]c2ccccc2c1C(N)CS. The first kappa shape index (κ1) is 9.62. The molecular formula is C11H14N2S. The number of aromatic amines is 1. The third kappa shape index (κ3) is 1.42. The minimum atomic E-state index is 0.00878. The van der Waals surface area contributed by atoms with E-state index < -0.39 is 0 Å². The predicted molar refractivity (Wildman–Crippen MR) is 63.8 cm³/mol. The minimum Gasteiger partial charge on any atom is -0.358 e. The van der Waals surface area contributed by atoms with Crippen LogP contribution in [-0.4, -0.2) is 10.7 Å². The first-order valence-corrected chi connectivity index (χ1v) is 5.31. The zero-order chi connectivity index (χ0) is 10.1. The van der Waals surface area contributed by atoms with Gasteiger partial charge in [0.05, 0.1) is 0 Å². The van der Waals surface area contributed by atoms with Crippen molar-refractivity contribution in [3.63, 3.8) is 0 Å². The second-order valence-electron chi connectivity index (χ2n) is 3.50. The average Bonchev–Trinajstić information content (AvgIpc) is 2.53. The highest BCUT2D eigenvalue weighted by molar-refractivity contribution is 7.80. The summed E-state index contributed by atoms with van der Waals surface area (Å²) in [5.41, 5.74) is 9.50. The number of rotatable bonds is 2. The van der Waals surface area contributed by atoms with E-state index in [0.29, 0.717) is 5.75 Å². The molecule has 14 heavy (non-hydrogen) atoms. The number of hydrogen-bond acceptors (Lipinski definition) is 2. The Bertz CT molecular complexity index is 447. The number of thiol groups is 1. The number of H-pyrrole nitrogens is 1. The summed E-state index contributed by atoms with van der Waals surface area (Å²) in [5.74, 6) is 0.669. The molecule has 0 bridgehead atoms. The van der Waals surface area contributed by atoms with E-state index in [1.165, 1.54) is 10.9 Å². The monoisotopic (exact) mass is 206 g/mol. The number of fused-ring (bicyclic) bond motifs is 1. The quantitative estimate of drug-likeness (QED) is 0.649. The number of benzene rings is 1. The Labute approximate surface area is 88.9 Å². The maximum Gasteiger partial charge on any atom is 0.0459 e. The Morgan fingerprint density at radius 3 is 2.86 bits per heavy atom. The number of para-hydroxylation sites is 1. The molecule has 1 aromatic carbocycles. The standard InChI is InChI=1S/C11H14N2S/c1-7-11(9(12)6-14)8-4-2-3-5-10(8)13-7/h2-5,9,13-14H,6,12H2,1H3. The highest BCUT2D eigenvalue weighted by atomic mass is 32.1. The van der Waals surface area contributed by atoms with Gasteiger partial charge in [-0.15, -0.1) is 0 Å². The fourth-order valence-electron chi connectivity index (χ4n) is 1.87. The number of nitrogens with two attached hydrogens (primary N) is 1. The summed E-state index contributed by atoms with van der Waals surface area (Å²) in [6.07, 6.45) is 0. The first-order chi connectivity index (χ1) is 6.74. The predicted octanol–water partition coefficient (Wildman–Crippen LogP) is 2.41. The van der Waals surface area contributed by atoms with Crippen LogP contribution in [0.15, 0.2) is 24.3 Å². The zero-order valence-electron chi connectivity index (χ0n) is 8.12. The number of aromatic nitrogens is 1. The molecule has 1 aromatic heterocycles. The topological polar surface area (TPSA) is 41.8 Å². The minimum absolute atomic E-state index is 0.00878. The second kappa shape index (κ2) is 3.67. The molecular weight excluding hydrogens is 192 g/mol. The molecule has 3 N–H and O–H groups in total. The van der Waals surface area contributed by atoms with Crippen LogP contribution in [0.5, 0.6) is 0 Å². The summed E-state index contributed by atoms with van der Waals surface area (Å²) in [7, 11) is 0. The molecule has 0 spiro atoms. The van der Waals surface area contributed by atoms with Crippen molar-refractivity contribution >= 4 is 23.5 Å². The molecule has 0 saturated carbocycles. The van der Waals surface area contributed by atoms with E-state index in [9.17, 15) is 0 Å². The molecule has 2 nitrogen and oxygen atoms in total. The normalized spacial score (nSPS) is 13.4. The summed E-state index contributed by atoms with van der Waals surface area (Å²) in [5, 5.41) is 1.21. The molecule has 3 heteroatoms. The van der Waals surface area contributed by atoms with Crippen LogP contribution in [0.4, 0.5) is 0 Å². The largest absolute Gasteiger partial charge is 0.358 e. The Hall–Kier alpha value is -0.930. The summed E-state index contributed by atoms with van der Waals surface area (Å²) in [6, 6.07) is 8.22. The third-order valence-electron chi connectivity index (χ3n) is 2.51. The van der Waals surface area contributed by atoms with E-state index in [-0.39, 0.29) is 6.04 Å². The van der Waals surface area contributed by atoms with Crippen molar-refractivity contribution < 1.29 is 0 Å². The second-order valence-corrected chi connectivity index (χ2v) is 3.86. The fourth-order valence-corrected chi connectivity index (χ4v) is 2.05. The zero-order valence-corrected chi connectivity index (χ0v) is 9.01. The maximum atomic E-state index is 6.01. The van der Waals surface area contributed by atoms with Crippen LogP contribution >= 0.6 is 12.6 Å². The number of aryl methyl sites for hydroxylation is 1. The van der Waals surface area contributed by atoms with Gasteiger partial charge in [0.1, 0.15) is 0 Å². The van der Waals surface area contributed by atoms with Crippen LogP contribution in [-0.2, 0) is 0 Å². The molecule has 1 heterocycles. The van der Waals surface area contributed by atoms with Crippen molar-refractivity contribution in [3.05, 3.63) is 35.5 Å². The van der Waals surface area contributed by atoms with E-state index in [1.807, 2.05) is 12.1 Å². The Morgan fingerprint density at radius 2 is 2.14 bits per heavy atom. The molecule has 0 aliphatic rings. The van der Waals surface area contributed by atoms with Crippen LogP contribution in [0.25, 0.3) is 10.9 Å². The van der Waals surface area contributed by atoms with E-state index in [4.69, 9.17) is 5.73 Å². The van der Waals surface area contributed by atoms with Crippen LogP contribution in [0.2, 0.25) is 0 Å². The summed E-state index contributed by atoms with van der Waals surface area (Å²) < 4.78 is 0. The molecule has 0 saturated heterocycles. The Morgan fingerprint density at radius 1 is 1.43 bits per heavy atom. The Kier molecular flexibility index (Phi) is 2.52. The highest BCUT2D eigenvalue weighted by Gasteiger charge is 2.13. The van der Waals surface area contributed by atoms with Gasteiger partial charge in [0.25, 0.3) is 0 Å². The van der Waals surface area contributed by atoms with Crippen molar-refractivity contribution in [3.8, 4) is 0 Å². The summed E-state index contributed by atoms with van der Waals surface area (Å²) in [4.78, 5) is 3.33. The van der Waals surface area contributed by atoms with E-state index in [1.54, 1.807) is 0 Å². The van der Waals surface area contributed by atoms with Crippen molar-refractivity contribution in [2.45, 2.75) is 13.0 Å². The van der Waals surface area contributed by atoms with Crippen molar-refractivity contribution in [2.24, 2.45) is 5.73 Å². The van der Waals surface area contributed by atoms with Crippen LogP contribution in [0.1, 0.15) is 17.3 Å². The molecule has 1 atom stereocenters. The maximum absolute atomic E-state index is 6.01. The van der Waals surface area contributed by atoms with Gasteiger partial charge in [0, 0.05) is 28.4 Å². The lowest BCUT2D eigenvalue weighted by atomic mass is 10.1. The Balaban J connectivity index is 2.67. The smallest absolute Gasteiger partial charge is 0.0459 e.